The first kappa shape index (κ1) is 37.3. The quantitative estimate of drug-likeness (QED) is 0.174. The summed E-state index contributed by atoms with van der Waals surface area (Å²) in [6.45, 7) is 2.38. The Morgan fingerprint density at radius 3 is 2.34 bits per heavy atom. The maximum atomic E-state index is 6.40. The molecule has 0 bridgehead atoms. The van der Waals surface area contributed by atoms with E-state index in [0.717, 1.165) is 64.3 Å². The van der Waals surface area contributed by atoms with Crippen molar-refractivity contribution in [1.82, 2.24) is 14.9 Å². The lowest BCUT2D eigenvalue weighted by Crippen LogP contribution is -2.54. The molecule has 0 saturated heterocycles. The molecular formula is C58H47N5O. The third-order valence-corrected chi connectivity index (χ3v) is 14.7. The molecule has 0 saturated carbocycles. The lowest BCUT2D eigenvalue weighted by molar-refractivity contribution is 0.217. The Labute approximate surface area is 372 Å². The van der Waals surface area contributed by atoms with Crippen molar-refractivity contribution in [2.24, 2.45) is 16.8 Å². The van der Waals surface area contributed by atoms with E-state index < -0.39 is 5.54 Å². The molecule has 5 heterocycles. The third kappa shape index (κ3) is 5.67. The molecule has 2 aromatic heterocycles. The lowest BCUT2D eigenvalue weighted by Gasteiger charge is -2.47. The Balaban J connectivity index is 1.00. The minimum Gasteiger partial charge on any atom is -0.456 e. The summed E-state index contributed by atoms with van der Waals surface area (Å²) in [5.74, 6) is 0.909. The van der Waals surface area contributed by atoms with E-state index in [1.807, 2.05) is 6.21 Å². The Kier molecular flexibility index (Phi) is 8.52. The van der Waals surface area contributed by atoms with E-state index in [2.05, 4.69) is 205 Å². The Bertz CT molecular complexity index is 3400. The summed E-state index contributed by atoms with van der Waals surface area (Å²) < 4.78 is 6.40. The standard InChI is InChI=1S/C58H47N5O/c1-58-54(31-16-34-59-58)62(39-32-33-53-46(35-39)41-22-10-14-30-52(41)64-53)56-45-25-9-13-29-51(45)63(50-28-12-8-24-44(50)55(56)58)49-27-11-7-23-43(49)48-36-47(38-18-3-2-4-19-38)60-57(61-48)42-26-15-20-37-17-5-6-21-40(37)42/h2-14,16-25,27-31,33-36,39,44-45,50-51,54H,15,26,32H2,1H3. The fourth-order valence-corrected chi connectivity index (χ4v) is 11.9. The summed E-state index contributed by atoms with van der Waals surface area (Å²) in [6, 6.07) is 39.0. The lowest BCUT2D eigenvalue weighted by atomic mass is 9.74. The van der Waals surface area contributed by atoms with Gasteiger partial charge in [0, 0.05) is 56.7 Å². The molecule has 3 aliphatic heterocycles. The third-order valence-electron chi connectivity index (χ3n) is 14.7. The van der Waals surface area contributed by atoms with Crippen LogP contribution in [0.3, 0.4) is 0 Å². The van der Waals surface area contributed by atoms with E-state index in [-0.39, 0.29) is 36.0 Å². The summed E-state index contributed by atoms with van der Waals surface area (Å²) >= 11 is 0. The average molecular weight is 830 g/mol. The molecule has 0 fully saturated rings. The van der Waals surface area contributed by atoms with Crippen molar-refractivity contribution in [3.63, 3.8) is 0 Å². The monoisotopic (exact) mass is 829 g/mol. The number of dihydropyridines is 1. The number of aliphatic imine (C=N–C) groups is 1. The number of anilines is 1. The number of benzene rings is 4. The predicted octanol–water partition coefficient (Wildman–Crippen LogP) is 8.74. The van der Waals surface area contributed by atoms with Crippen LogP contribution in [0.5, 0.6) is 0 Å². The average Bonchev–Trinajstić information content (AvgIpc) is 3.82. The van der Waals surface area contributed by atoms with Gasteiger partial charge in [0.15, 0.2) is 5.82 Å². The highest BCUT2D eigenvalue weighted by Crippen LogP contribution is 2.56. The number of rotatable bonds is 5. The van der Waals surface area contributed by atoms with E-state index in [0.29, 0.717) is 0 Å². The van der Waals surface area contributed by atoms with Gasteiger partial charge in [-0.2, -0.15) is 0 Å². The molecule has 7 atom stereocenters. The van der Waals surface area contributed by atoms with Crippen LogP contribution >= 0.6 is 0 Å². The van der Waals surface area contributed by atoms with E-state index in [9.17, 15) is 0 Å². The second kappa shape index (κ2) is 14.6. The summed E-state index contributed by atoms with van der Waals surface area (Å²) in [7, 11) is 0. The van der Waals surface area contributed by atoms with E-state index in [1.165, 1.54) is 37.9 Å². The van der Waals surface area contributed by atoms with Gasteiger partial charge in [-0.1, -0.05) is 158 Å². The van der Waals surface area contributed by atoms with Crippen LogP contribution in [0.4, 0.5) is 5.69 Å². The van der Waals surface area contributed by atoms with Crippen LogP contribution in [0.2, 0.25) is 0 Å². The first-order valence-corrected chi connectivity index (χ1v) is 22.9. The zero-order valence-electron chi connectivity index (χ0n) is 35.7. The van der Waals surface area contributed by atoms with E-state index in [1.54, 1.807) is 0 Å². The number of hydrogen-bond donors (Lipinski definition) is 0. The van der Waals surface area contributed by atoms with Crippen LogP contribution in [0, 0.1) is 11.8 Å². The number of hydrogen-bond acceptors (Lipinski definition) is 6. The molecule has 0 radical (unpaired) electrons. The molecule has 13 rings (SSSR count). The maximum absolute atomic E-state index is 6.40. The zero-order chi connectivity index (χ0) is 42.4. The van der Waals surface area contributed by atoms with Crippen LogP contribution < -0.4 is 26.0 Å². The number of fused-ring (bicyclic) bond motifs is 10. The van der Waals surface area contributed by atoms with Gasteiger partial charge in [-0.15, -0.1) is 0 Å². The van der Waals surface area contributed by atoms with Gasteiger partial charge in [0.1, 0.15) is 16.5 Å². The molecule has 310 valence electrons. The van der Waals surface area contributed by atoms with Crippen LogP contribution in [-0.4, -0.2) is 50.8 Å². The molecule has 64 heavy (non-hydrogen) atoms. The molecule has 4 aromatic carbocycles. The van der Waals surface area contributed by atoms with Crippen molar-refractivity contribution >= 4 is 46.7 Å². The second-order valence-corrected chi connectivity index (χ2v) is 18.1. The van der Waals surface area contributed by atoms with Gasteiger partial charge in [-0.05, 0) is 72.5 Å². The molecule has 0 amide bonds. The molecule has 6 nitrogen and oxygen atoms in total. The molecule has 7 aliphatic rings. The Morgan fingerprint density at radius 1 is 0.688 bits per heavy atom. The van der Waals surface area contributed by atoms with Gasteiger partial charge in [0.05, 0.1) is 35.6 Å². The van der Waals surface area contributed by atoms with Crippen molar-refractivity contribution in [2.45, 2.75) is 55.9 Å². The molecular weight excluding hydrogens is 783 g/mol. The minimum absolute atomic E-state index is 0.00411. The number of allylic oxidation sites excluding steroid dienone is 5. The molecule has 6 heteroatoms. The first-order chi connectivity index (χ1) is 31.6. The van der Waals surface area contributed by atoms with Crippen LogP contribution in [0.25, 0.3) is 57.3 Å². The van der Waals surface area contributed by atoms with Crippen molar-refractivity contribution in [3.05, 3.63) is 208 Å². The summed E-state index contributed by atoms with van der Waals surface area (Å²) in [5.41, 5.74) is 10.6. The summed E-state index contributed by atoms with van der Waals surface area (Å²) in [4.78, 5) is 21.9. The largest absolute Gasteiger partial charge is 0.456 e. The molecule has 0 spiro atoms. The molecule has 4 aliphatic carbocycles. The van der Waals surface area contributed by atoms with Crippen LogP contribution in [0.1, 0.15) is 32.0 Å². The van der Waals surface area contributed by atoms with Gasteiger partial charge in [-0.25, -0.2) is 9.97 Å². The molecule has 7 unspecified atom stereocenters. The van der Waals surface area contributed by atoms with Crippen molar-refractivity contribution in [1.29, 1.82) is 0 Å². The highest BCUT2D eigenvalue weighted by Gasteiger charge is 2.58. The number of para-hydroxylation sites is 2. The van der Waals surface area contributed by atoms with Gasteiger partial charge < -0.3 is 14.2 Å². The normalized spacial score (nSPS) is 26.9. The smallest absolute Gasteiger partial charge is 0.157 e. The Hall–Kier alpha value is -7.31. The van der Waals surface area contributed by atoms with Crippen LogP contribution in [-0.2, 0) is 0 Å². The SMILES string of the molecule is CC12N=CC=CC1N(C1C=c3c(oc4ccccc34)=CC1)C1=C2C2C=CC=CC2N(c2ccccc2-c2cc(-c3ccccc3)nc(C3=c4ccccc4=CCC3)n2)C2C=CC=CC12. The molecule has 6 aromatic rings. The fraction of sp³-hybridized carbons (Fsp3) is 0.190. The maximum Gasteiger partial charge on any atom is 0.157 e. The van der Waals surface area contributed by atoms with E-state index >= 15 is 0 Å². The summed E-state index contributed by atoms with van der Waals surface area (Å²) in [6.07, 6.45) is 35.2. The van der Waals surface area contributed by atoms with Gasteiger partial charge in [0.2, 0.25) is 0 Å². The number of nitrogens with zero attached hydrogens (tertiary/aromatic N) is 5. The predicted molar refractivity (Wildman–Crippen MR) is 260 cm³/mol. The van der Waals surface area contributed by atoms with Gasteiger partial charge >= 0.3 is 0 Å². The number of aromatic nitrogens is 2. The molecule has 0 N–H and O–H groups in total. The van der Waals surface area contributed by atoms with Crippen LogP contribution in [0.15, 0.2) is 191 Å². The van der Waals surface area contributed by atoms with Crippen molar-refractivity contribution in [3.8, 4) is 22.5 Å². The van der Waals surface area contributed by atoms with Gasteiger partial charge in [0.25, 0.3) is 0 Å². The minimum atomic E-state index is -0.471. The van der Waals surface area contributed by atoms with Crippen molar-refractivity contribution in [2.75, 3.05) is 4.90 Å². The summed E-state index contributed by atoms with van der Waals surface area (Å²) in [5, 5.41) is 4.83. The highest BCUT2D eigenvalue weighted by molar-refractivity contribution is 5.83. The highest BCUT2D eigenvalue weighted by atomic mass is 16.3. The first-order valence-electron chi connectivity index (χ1n) is 22.9. The Morgan fingerprint density at radius 2 is 1.44 bits per heavy atom. The second-order valence-electron chi connectivity index (χ2n) is 18.1. The van der Waals surface area contributed by atoms with E-state index in [4.69, 9.17) is 19.4 Å². The van der Waals surface area contributed by atoms with Gasteiger partial charge in [-0.3, -0.25) is 4.99 Å². The topological polar surface area (TPSA) is 57.8 Å². The number of furan rings is 1. The fourth-order valence-electron chi connectivity index (χ4n) is 11.9. The van der Waals surface area contributed by atoms with Crippen molar-refractivity contribution < 1.29 is 4.42 Å². The zero-order valence-corrected chi connectivity index (χ0v) is 35.7.